The first-order valence-corrected chi connectivity index (χ1v) is 7.75. The highest BCUT2D eigenvalue weighted by Crippen LogP contribution is 2.19. The van der Waals surface area contributed by atoms with Crippen LogP contribution in [0.25, 0.3) is 0 Å². The van der Waals surface area contributed by atoms with Crippen LogP contribution in [0.15, 0.2) is 48.5 Å². The van der Waals surface area contributed by atoms with E-state index in [2.05, 4.69) is 5.32 Å². The highest BCUT2D eigenvalue weighted by molar-refractivity contribution is 6.30. The third-order valence-corrected chi connectivity index (χ3v) is 3.82. The van der Waals surface area contributed by atoms with E-state index in [1.165, 1.54) is 12.1 Å². The molecule has 2 rings (SSSR count). The van der Waals surface area contributed by atoms with Crippen LogP contribution in [0.1, 0.15) is 36.9 Å². The van der Waals surface area contributed by atoms with E-state index >= 15 is 0 Å². The van der Waals surface area contributed by atoms with Gasteiger partial charge >= 0.3 is 0 Å². The summed E-state index contributed by atoms with van der Waals surface area (Å²) in [6, 6.07) is 13.7. The summed E-state index contributed by atoms with van der Waals surface area (Å²) in [5.41, 5.74) is 2.00. The number of amides is 1. The van der Waals surface area contributed by atoms with Gasteiger partial charge in [-0.1, -0.05) is 42.8 Å². The lowest BCUT2D eigenvalue weighted by Gasteiger charge is -2.17. The summed E-state index contributed by atoms with van der Waals surface area (Å²) in [6.45, 7) is 2.03. The topological polar surface area (TPSA) is 29.1 Å². The van der Waals surface area contributed by atoms with Gasteiger partial charge < -0.3 is 5.32 Å². The molecular weight excluding hydrogens is 301 g/mol. The van der Waals surface area contributed by atoms with Crippen molar-refractivity contribution in [2.24, 2.45) is 0 Å². The quantitative estimate of drug-likeness (QED) is 0.823. The van der Waals surface area contributed by atoms with Gasteiger partial charge in [0.2, 0.25) is 5.91 Å². The number of carbonyl (C=O) groups is 1. The largest absolute Gasteiger partial charge is 0.349 e. The van der Waals surface area contributed by atoms with E-state index in [9.17, 15) is 9.18 Å². The molecule has 0 bridgehead atoms. The smallest absolute Gasteiger partial charge is 0.220 e. The van der Waals surface area contributed by atoms with Crippen LogP contribution in [0.4, 0.5) is 4.39 Å². The molecule has 0 spiro atoms. The minimum atomic E-state index is -0.262. The van der Waals surface area contributed by atoms with Crippen LogP contribution in [0, 0.1) is 5.82 Å². The zero-order valence-electron chi connectivity index (χ0n) is 12.5. The Hall–Kier alpha value is -1.87. The van der Waals surface area contributed by atoms with Gasteiger partial charge in [-0.2, -0.15) is 0 Å². The lowest BCUT2D eigenvalue weighted by Crippen LogP contribution is -2.28. The summed E-state index contributed by atoms with van der Waals surface area (Å²) in [6.07, 6.45) is 1.79. The average molecular weight is 320 g/mol. The molecule has 1 unspecified atom stereocenters. The Bertz CT molecular complexity index is 610. The molecule has 1 N–H and O–H groups in total. The van der Waals surface area contributed by atoms with Crippen molar-refractivity contribution in [1.82, 2.24) is 5.32 Å². The molecule has 1 amide bonds. The van der Waals surface area contributed by atoms with Crippen LogP contribution in [0.3, 0.4) is 0 Å². The Labute approximate surface area is 135 Å². The molecule has 0 aliphatic heterocycles. The maximum Gasteiger partial charge on any atom is 0.220 e. The van der Waals surface area contributed by atoms with Crippen molar-refractivity contribution in [3.05, 3.63) is 70.5 Å². The zero-order chi connectivity index (χ0) is 15.9. The Morgan fingerprint density at radius 1 is 1.14 bits per heavy atom. The average Bonchev–Trinajstić information content (AvgIpc) is 2.53. The maximum atomic E-state index is 12.8. The highest BCUT2D eigenvalue weighted by atomic mass is 35.5. The van der Waals surface area contributed by atoms with Crippen molar-refractivity contribution >= 4 is 17.5 Å². The number of benzene rings is 2. The lowest BCUT2D eigenvalue weighted by atomic mass is 10.0. The van der Waals surface area contributed by atoms with Crippen molar-refractivity contribution in [1.29, 1.82) is 0 Å². The van der Waals surface area contributed by atoms with E-state index in [-0.39, 0.29) is 17.8 Å². The van der Waals surface area contributed by atoms with E-state index in [0.29, 0.717) is 17.9 Å². The summed E-state index contributed by atoms with van der Waals surface area (Å²) in [5.74, 6) is -0.270. The molecule has 4 heteroatoms. The summed E-state index contributed by atoms with van der Waals surface area (Å²) in [7, 11) is 0. The van der Waals surface area contributed by atoms with Gasteiger partial charge in [0.25, 0.3) is 0 Å². The fourth-order valence-electron chi connectivity index (χ4n) is 2.29. The van der Waals surface area contributed by atoms with Crippen molar-refractivity contribution < 1.29 is 9.18 Å². The Balaban J connectivity index is 1.89. The first-order chi connectivity index (χ1) is 10.6. The van der Waals surface area contributed by atoms with Crippen LogP contribution in [0.2, 0.25) is 5.02 Å². The predicted molar refractivity (Wildman–Crippen MR) is 87.3 cm³/mol. The molecule has 0 radical (unpaired) electrons. The molecule has 22 heavy (non-hydrogen) atoms. The van der Waals surface area contributed by atoms with Crippen LogP contribution in [-0.4, -0.2) is 5.91 Å². The second kappa shape index (κ2) is 7.95. The van der Waals surface area contributed by atoms with Crippen LogP contribution in [-0.2, 0) is 11.2 Å². The summed E-state index contributed by atoms with van der Waals surface area (Å²) < 4.78 is 12.8. The van der Waals surface area contributed by atoms with Crippen molar-refractivity contribution in [3.8, 4) is 0 Å². The monoisotopic (exact) mass is 319 g/mol. The third kappa shape index (κ3) is 4.85. The molecule has 0 saturated carbocycles. The van der Waals surface area contributed by atoms with E-state index in [1.807, 2.05) is 31.2 Å². The summed E-state index contributed by atoms with van der Waals surface area (Å²) >= 11 is 5.88. The molecule has 1 atom stereocenters. The molecular formula is C18H19ClFNO. The van der Waals surface area contributed by atoms with Crippen molar-refractivity contribution in [2.45, 2.75) is 32.2 Å². The van der Waals surface area contributed by atoms with Gasteiger partial charge in [-0.25, -0.2) is 4.39 Å². The van der Waals surface area contributed by atoms with E-state index in [0.717, 1.165) is 17.5 Å². The number of nitrogens with one attached hydrogen (secondary N) is 1. The molecule has 0 fully saturated rings. The number of aryl methyl sites for hydroxylation is 1. The predicted octanol–water partition coefficient (Wildman–Crippen LogP) is 4.68. The molecule has 2 nitrogen and oxygen atoms in total. The van der Waals surface area contributed by atoms with Crippen LogP contribution >= 0.6 is 11.6 Å². The Morgan fingerprint density at radius 2 is 1.77 bits per heavy atom. The first kappa shape index (κ1) is 16.5. The Morgan fingerprint density at radius 3 is 2.36 bits per heavy atom. The molecule has 0 aromatic heterocycles. The third-order valence-electron chi connectivity index (χ3n) is 3.57. The molecule has 0 saturated heterocycles. The molecule has 0 heterocycles. The van der Waals surface area contributed by atoms with Gasteiger partial charge in [0.1, 0.15) is 5.82 Å². The maximum absolute atomic E-state index is 12.8. The minimum Gasteiger partial charge on any atom is -0.349 e. The standard InChI is InChI=1S/C18H19ClFNO/c1-2-17(14-6-8-15(19)9-7-14)21-18(22)12-5-13-3-10-16(20)11-4-13/h3-4,6-11,17H,2,5,12H2,1H3,(H,21,22). The molecule has 116 valence electrons. The van der Waals surface area contributed by atoms with E-state index < -0.39 is 0 Å². The van der Waals surface area contributed by atoms with E-state index in [4.69, 9.17) is 11.6 Å². The normalized spacial score (nSPS) is 12.0. The van der Waals surface area contributed by atoms with Gasteiger partial charge in [0.15, 0.2) is 0 Å². The summed E-state index contributed by atoms with van der Waals surface area (Å²) in [4.78, 5) is 12.1. The second-order valence-corrected chi connectivity index (χ2v) is 5.64. The van der Waals surface area contributed by atoms with Gasteiger partial charge in [0, 0.05) is 11.4 Å². The fraction of sp³-hybridized carbons (Fsp3) is 0.278. The number of carbonyl (C=O) groups excluding carboxylic acids is 1. The van der Waals surface area contributed by atoms with Gasteiger partial charge in [-0.3, -0.25) is 4.79 Å². The number of hydrogen-bond donors (Lipinski definition) is 1. The first-order valence-electron chi connectivity index (χ1n) is 7.37. The molecule has 2 aromatic rings. The van der Waals surface area contributed by atoms with Crippen molar-refractivity contribution in [3.63, 3.8) is 0 Å². The Kier molecular flexibility index (Phi) is 5.96. The van der Waals surface area contributed by atoms with Crippen LogP contribution < -0.4 is 5.32 Å². The number of rotatable bonds is 6. The molecule has 0 aliphatic rings. The number of hydrogen-bond acceptors (Lipinski definition) is 1. The SMILES string of the molecule is CCC(NC(=O)CCc1ccc(F)cc1)c1ccc(Cl)cc1. The van der Waals surface area contributed by atoms with Gasteiger partial charge in [-0.05, 0) is 48.2 Å². The van der Waals surface area contributed by atoms with Crippen LogP contribution in [0.5, 0.6) is 0 Å². The number of halogens is 2. The highest BCUT2D eigenvalue weighted by Gasteiger charge is 2.12. The minimum absolute atomic E-state index is 0.00822. The second-order valence-electron chi connectivity index (χ2n) is 5.21. The molecule has 2 aromatic carbocycles. The zero-order valence-corrected chi connectivity index (χ0v) is 13.2. The van der Waals surface area contributed by atoms with Gasteiger partial charge in [-0.15, -0.1) is 0 Å². The van der Waals surface area contributed by atoms with Gasteiger partial charge in [0.05, 0.1) is 6.04 Å². The summed E-state index contributed by atoms with van der Waals surface area (Å²) in [5, 5.41) is 3.71. The van der Waals surface area contributed by atoms with E-state index in [1.54, 1.807) is 12.1 Å². The molecule has 0 aliphatic carbocycles. The van der Waals surface area contributed by atoms with Crippen molar-refractivity contribution in [2.75, 3.05) is 0 Å². The fourth-order valence-corrected chi connectivity index (χ4v) is 2.42. The lowest BCUT2D eigenvalue weighted by molar-refractivity contribution is -0.121.